The van der Waals surface area contributed by atoms with Crippen molar-refractivity contribution in [1.29, 1.82) is 0 Å². The molecule has 8 nitrogen and oxygen atoms in total. The largest absolute Gasteiger partial charge is 0.508 e. The van der Waals surface area contributed by atoms with E-state index < -0.39 is 24.1 Å². The molecule has 0 bridgehead atoms. The number of carbonyl (C=O) groups excluding carboxylic acids is 3. The minimum absolute atomic E-state index is 0.0652. The van der Waals surface area contributed by atoms with Crippen LogP contribution in [-0.4, -0.2) is 56.7 Å². The van der Waals surface area contributed by atoms with Crippen LogP contribution in [-0.2, 0) is 33.8 Å². The zero-order valence-electron chi connectivity index (χ0n) is 20.6. The zero-order chi connectivity index (χ0) is 26.9. The molecule has 1 heterocycles. The monoisotopic (exact) mass is 551 g/mol. The molecule has 0 unspecified atom stereocenters. The fraction of sp³-hybridized carbons (Fsp3) is 0.250. The molecule has 1 fully saturated rings. The van der Waals surface area contributed by atoms with Crippen molar-refractivity contribution >= 4 is 39.5 Å². The van der Waals surface area contributed by atoms with Gasteiger partial charge in [0.1, 0.15) is 24.4 Å². The van der Waals surface area contributed by atoms with Crippen molar-refractivity contribution in [3.8, 4) is 5.75 Å². The van der Waals surface area contributed by atoms with Gasteiger partial charge in [-0.25, -0.2) is 4.79 Å². The molecule has 0 aromatic heterocycles. The summed E-state index contributed by atoms with van der Waals surface area (Å²) in [7, 11) is 2.78. The molecule has 0 aliphatic carbocycles. The van der Waals surface area contributed by atoms with Crippen molar-refractivity contribution in [3.63, 3.8) is 0 Å². The van der Waals surface area contributed by atoms with Crippen molar-refractivity contribution in [3.05, 3.63) is 102 Å². The van der Waals surface area contributed by atoms with Gasteiger partial charge in [0.2, 0.25) is 11.8 Å². The summed E-state index contributed by atoms with van der Waals surface area (Å²) in [5.74, 6) is -0.442. The van der Waals surface area contributed by atoms with E-state index >= 15 is 0 Å². The lowest BCUT2D eigenvalue weighted by Gasteiger charge is -2.38. The van der Waals surface area contributed by atoms with E-state index in [4.69, 9.17) is 10.5 Å². The molecule has 3 amide bonds. The number of phenolic OH excluding ortho intramolecular Hbond substituents is 1. The maximum atomic E-state index is 14.1. The summed E-state index contributed by atoms with van der Waals surface area (Å²) >= 11 is 0. The second-order valence-electron chi connectivity index (χ2n) is 8.81. The van der Waals surface area contributed by atoms with Gasteiger partial charge in [0, 0.05) is 12.8 Å². The highest BCUT2D eigenvalue weighted by atomic mass is 33.1. The van der Waals surface area contributed by atoms with E-state index in [1.807, 2.05) is 60.7 Å². The first-order valence-electron chi connectivity index (χ1n) is 12.1. The number of hydrogen-bond acceptors (Lipinski definition) is 7. The predicted octanol–water partition coefficient (Wildman–Crippen LogP) is 4.18. The fourth-order valence-electron chi connectivity index (χ4n) is 4.15. The first-order chi connectivity index (χ1) is 18.4. The quantitative estimate of drug-likeness (QED) is 0.404. The molecule has 0 radical (unpaired) electrons. The Hall–Kier alpha value is -3.63. The summed E-state index contributed by atoms with van der Waals surface area (Å²) in [6.45, 7) is 0.0652. The van der Waals surface area contributed by atoms with E-state index in [1.54, 1.807) is 12.1 Å². The number of aromatic hydroxyl groups is 1. The average molecular weight is 552 g/mol. The molecule has 3 aromatic carbocycles. The number of amides is 3. The van der Waals surface area contributed by atoms with Crippen LogP contribution in [0.25, 0.3) is 0 Å². The molecule has 0 saturated carbocycles. The number of hydrogen-bond donors (Lipinski definition) is 2. The molecule has 10 heteroatoms. The SMILES string of the molecule is NC(=O)[C@@H](Cc1ccccc1)N1CSSCN(C(=O)OCc2ccccc2)[C@@H](Cc2ccc(O)cc2)C1=O. The van der Waals surface area contributed by atoms with Gasteiger partial charge in [-0.3, -0.25) is 14.5 Å². The fourth-order valence-corrected chi connectivity index (χ4v) is 6.24. The smallest absolute Gasteiger partial charge is 0.411 e. The summed E-state index contributed by atoms with van der Waals surface area (Å²) in [5.41, 5.74) is 8.26. The van der Waals surface area contributed by atoms with Gasteiger partial charge in [-0.05, 0) is 28.8 Å². The number of phenols is 1. The van der Waals surface area contributed by atoms with E-state index in [1.165, 1.54) is 43.5 Å². The maximum Gasteiger partial charge on any atom is 0.411 e. The molecule has 1 saturated heterocycles. The minimum atomic E-state index is -0.936. The van der Waals surface area contributed by atoms with Gasteiger partial charge in [-0.2, -0.15) is 0 Å². The lowest BCUT2D eigenvalue weighted by Crippen LogP contribution is -2.58. The number of nitrogens with zero attached hydrogens (tertiary/aromatic N) is 2. The van der Waals surface area contributed by atoms with Crippen molar-refractivity contribution < 1.29 is 24.2 Å². The Morgan fingerprint density at radius 1 is 0.895 bits per heavy atom. The molecule has 4 rings (SSSR count). The van der Waals surface area contributed by atoms with Crippen LogP contribution in [0, 0.1) is 0 Å². The number of carbonyl (C=O) groups is 3. The summed E-state index contributed by atoms with van der Waals surface area (Å²) < 4.78 is 5.60. The Labute approximate surface area is 229 Å². The third-order valence-corrected chi connectivity index (χ3v) is 8.26. The van der Waals surface area contributed by atoms with E-state index in [2.05, 4.69) is 0 Å². The summed E-state index contributed by atoms with van der Waals surface area (Å²) in [6.07, 6.45) is -0.185. The van der Waals surface area contributed by atoms with Gasteiger partial charge < -0.3 is 20.5 Å². The van der Waals surface area contributed by atoms with Crippen LogP contribution >= 0.6 is 21.6 Å². The summed E-state index contributed by atoms with van der Waals surface area (Å²) in [6, 6.07) is 23.3. The van der Waals surface area contributed by atoms with Crippen LogP contribution in [0.5, 0.6) is 5.75 Å². The third kappa shape index (κ3) is 7.23. The molecular formula is C28H29N3O5S2. The Balaban J connectivity index is 1.62. The van der Waals surface area contributed by atoms with Crippen LogP contribution in [0.1, 0.15) is 16.7 Å². The van der Waals surface area contributed by atoms with Gasteiger partial charge >= 0.3 is 6.09 Å². The number of benzene rings is 3. The summed E-state index contributed by atoms with van der Waals surface area (Å²) in [4.78, 5) is 42.9. The van der Waals surface area contributed by atoms with Gasteiger partial charge in [0.15, 0.2) is 0 Å². The minimum Gasteiger partial charge on any atom is -0.508 e. The average Bonchev–Trinajstić information content (AvgIpc) is 2.93. The third-order valence-electron chi connectivity index (χ3n) is 6.19. The highest BCUT2D eigenvalue weighted by Crippen LogP contribution is 2.31. The molecular weight excluding hydrogens is 522 g/mol. The second-order valence-corrected chi connectivity index (χ2v) is 11.2. The standard InChI is InChI=1S/C28H29N3O5S2/c29-26(33)24(15-20-7-3-1-4-8-20)30-18-37-38-19-31(28(35)36-17-22-9-5-2-6-10-22)25(27(30)34)16-21-11-13-23(32)14-12-21/h1-14,24-25,32H,15-19H2,(H2,29,33)/t24-,25+/m1/s1. The molecule has 38 heavy (non-hydrogen) atoms. The Morgan fingerprint density at radius 3 is 2.13 bits per heavy atom. The summed E-state index contributed by atoms with van der Waals surface area (Å²) in [5, 5.41) is 9.71. The van der Waals surface area contributed by atoms with Crippen molar-refractivity contribution in [2.45, 2.75) is 31.5 Å². The predicted molar refractivity (Wildman–Crippen MR) is 149 cm³/mol. The van der Waals surface area contributed by atoms with Gasteiger partial charge in [0.25, 0.3) is 0 Å². The van der Waals surface area contributed by atoms with E-state index in [-0.39, 0.29) is 42.9 Å². The topological polar surface area (TPSA) is 113 Å². The van der Waals surface area contributed by atoms with Gasteiger partial charge in [-0.1, -0.05) is 94.4 Å². The number of ether oxygens (including phenoxy) is 1. The number of primary amides is 1. The van der Waals surface area contributed by atoms with Crippen LogP contribution in [0.15, 0.2) is 84.9 Å². The second kappa shape index (κ2) is 13.3. The number of rotatable bonds is 8. The Kier molecular flexibility index (Phi) is 9.56. The molecule has 0 spiro atoms. The highest BCUT2D eigenvalue weighted by Gasteiger charge is 2.39. The molecule has 198 valence electrons. The molecule has 3 aromatic rings. The van der Waals surface area contributed by atoms with Crippen LogP contribution < -0.4 is 5.73 Å². The van der Waals surface area contributed by atoms with Crippen LogP contribution in [0.4, 0.5) is 4.79 Å². The Morgan fingerprint density at radius 2 is 1.50 bits per heavy atom. The van der Waals surface area contributed by atoms with E-state index in [0.717, 1.165) is 16.7 Å². The first kappa shape index (κ1) is 27.4. The van der Waals surface area contributed by atoms with Crippen LogP contribution in [0.3, 0.4) is 0 Å². The zero-order valence-corrected chi connectivity index (χ0v) is 22.3. The number of nitrogens with two attached hydrogens (primary N) is 1. The maximum absolute atomic E-state index is 14.1. The molecule has 1 aliphatic rings. The van der Waals surface area contributed by atoms with Gasteiger partial charge in [0.05, 0.1) is 11.8 Å². The molecule has 1 aliphatic heterocycles. The van der Waals surface area contributed by atoms with Crippen LogP contribution in [0.2, 0.25) is 0 Å². The molecule has 2 atom stereocenters. The van der Waals surface area contributed by atoms with E-state index in [9.17, 15) is 19.5 Å². The normalized spacial score (nSPS) is 16.8. The lowest BCUT2D eigenvalue weighted by atomic mass is 10.0. The molecule has 3 N–H and O–H groups in total. The van der Waals surface area contributed by atoms with E-state index in [0.29, 0.717) is 0 Å². The van der Waals surface area contributed by atoms with Crippen molar-refractivity contribution in [2.75, 3.05) is 11.8 Å². The van der Waals surface area contributed by atoms with Gasteiger partial charge in [-0.15, -0.1) is 0 Å². The van der Waals surface area contributed by atoms with Crippen molar-refractivity contribution in [2.24, 2.45) is 5.73 Å². The highest BCUT2D eigenvalue weighted by molar-refractivity contribution is 8.76. The lowest BCUT2D eigenvalue weighted by molar-refractivity contribution is -0.142. The van der Waals surface area contributed by atoms with Crippen molar-refractivity contribution in [1.82, 2.24) is 9.80 Å². The first-order valence-corrected chi connectivity index (χ1v) is 14.5. The Bertz CT molecular complexity index is 1230.